The number of carbonyl (C=O) groups excluding carboxylic acids is 2. The van der Waals surface area contributed by atoms with E-state index >= 15 is 0 Å². The minimum absolute atomic E-state index is 0.244. The van der Waals surface area contributed by atoms with Crippen molar-refractivity contribution in [1.82, 2.24) is 4.90 Å². The van der Waals surface area contributed by atoms with Crippen molar-refractivity contribution >= 4 is 12.3 Å². The Hall–Kier alpha value is -1.16. The molecule has 0 fully saturated rings. The third kappa shape index (κ3) is 2.41. The maximum Gasteiger partial charge on any atom is 0.252 e. The highest BCUT2D eigenvalue weighted by molar-refractivity contribution is 5.94. The molecule has 0 aliphatic rings. The maximum atomic E-state index is 10.7. The molecule has 0 aromatic carbocycles. The fraction of sp³-hybridized carbons (Fsp3) is 0.333. The van der Waals surface area contributed by atoms with Crippen molar-refractivity contribution in [3.05, 3.63) is 12.7 Å². The van der Waals surface area contributed by atoms with Gasteiger partial charge >= 0.3 is 0 Å². The number of nitrogens with two attached hydrogens (primary N) is 1. The molecule has 0 unspecified atom stereocenters. The lowest BCUT2D eigenvalue weighted by Crippen LogP contribution is -2.32. The van der Waals surface area contributed by atoms with E-state index in [1.807, 2.05) is 0 Å². The standard InChI is InChI=1S/C6H10N2O2/c1-2-6(10)8(5-9)4-3-7/h2,5H,1,3-4,7H2. The summed E-state index contributed by atoms with van der Waals surface area (Å²) < 4.78 is 0. The normalized spacial score (nSPS) is 8.50. The van der Waals surface area contributed by atoms with Crippen LogP contribution in [-0.4, -0.2) is 30.3 Å². The fourth-order valence-corrected chi connectivity index (χ4v) is 0.471. The van der Waals surface area contributed by atoms with E-state index in [1.165, 1.54) is 0 Å². The average Bonchev–Trinajstić information content (AvgIpc) is 1.99. The molecule has 0 aliphatic heterocycles. The molecule has 4 nitrogen and oxygen atoms in total. The quantitative estimate of drug-likeness (QED) is 0.409. The van der Waals surface area contributed by atoms with Crippen molar-refractivity contribution in [2.45, 2.75) is 0 Å². The average molecular weight is 142 g/mol. The predicted molar refractivity (Wildman–Crippen MR) is 37.0 cm³/mol. The van der Waals surface area contributed by atoms with Gasteiger partial charge in [-0.15, -0.1) is 0 Å². The van der Waals surface area contributed by atoms with Gasteiger partial charge in [0.25, 0.3) is 5.91 Å². The molecule has 4 heteroatoms. The van der Waals surface area contributed by atoms with Gasteiger partial charge in [0, 0.05) is 13.1 Å². The molecule has 2 amide bonds. The molecule has 0 aliphatic carbocycles. The molecule has 0 aromatic heterocycles. The zero-order valence-corrected chi connectivity index (χ0v) is 5.62. The van der Waals surface area contributed by atoms with E-state index in [9.17, 15) is 9.59 Å². The molecule has 0 aromatic rings. The Morgan fingerprint density at radius 1 is 1.70 bits per heavy atom. The number of rotatable bonds is 4. The highest BCUT2D eigenvalue weighted by atomic mass is 16.2. The zero-order valence-electron chi connectivity index (χ0n) is 5.62. The van der Waals surface area contributed by atoms with Crippen molar-refractivity contribution in [1.29, 1.82) is 0 Å². The van der Waals surface area contributed by atoms with Crippen molar-refractivity contribution in [2.24, 2.45) is 5.73 Å². The molecule has 2 N–H and O–H groups in total. The topological polar surface area (TPSA) is 63.4 Å². The third-order valence-electron chi connectivity index (χ3n) is 0.955. The Balaban J connectivity index is 3.91. The summed E-state index contributed by atoms with van der Waals surface area (Å²) in [4.78, 5) is 21.7. The van der Waals surface area contributed by atoms with Gasteiger partial charge in [-0.1, -0.05) is 6.58 Å². The lowest BCUT2D eigenvalue weighted by molar-refractivity contribution is -0.134. The first-order valence-electron chi connectivity index (χ1n) is 2.84. The molecule has 0 rings (SSSR count). The van der Waals surface area contributed by atoms with Gasteiger partial charge < -0.3 is 5.73 Å². The Labute approximate surface area is 59.3 Å². The van der Waals surface area contributed by atoms with Gasteiger partial charge in [-0.2, -0.15) is 0 Å². The van der Waals surface area contributed by atoms with Crippen LogP contribution in [0, 0.1) is 0 Å². The molecule has 0 atom stereocenters. The second kappa shape index (κ2) is 4.69. The number of hydrogen-bond donors (Lipinski definition) is 1. The first-order chi connectivity index (χ1) is 4.76. The lowest BCUT2D eigenvalue weighted by atomic mass is 10.5. The van der Waals surface area contributed by atoms with Crippen LogP contribution in [0.4, 0.5) is 0 Å². The van der Waals surface area contributed by atoms with Crippen molar-refractivity contribution in [3.63, 3.8) is 0 Å². The number of carbonyl (C=O) groups is 2. The van der Waals surface area contributed by atoms with E-state index < -0.39 is 5.91 Å². The summed E-state index contributed by atoms with van der Waals surface area (Å²) >= 11 is 0. The van der Waals surface area contributed by atoms with E-state index in [0.717, 1.165) is 11.0 Å². The smallest absolute Gasteiger partial charge is 0.252 e. The van der Waals surface area contributed by atoms with E-state index in [1.54, 1.807) is 0 Å². The zero-order chi connectivity index (χ0) is 7.98. The summed E-state index contributed by atoms with van der Waals surface area (Å²) in [6, 6.07) is 0. The number of imide groups is 1. The van der Waals surface area contributed by atoms with Gasteiger partial charge in [0.05, 0.1) is 0 Å². The number of hydrogen-bond acceptors (Lipinski definition) is 3. The monoisotopic (exact) mass is 142 g/mol. The molecule has 0 bridgehead atoms. The Kier molecular flexibility index (Phi) is 4.15. The SMILES string of the molecule is C=CC(=O)N(C=O)CCN. The van der Waals surface area contributed by atoms with Crippen molar-refractivity contribution < 1.29 is 9.59 Å². The molecule has 0 radical (unpaired) electrons. The van der Waals surface area contributed by atoms with E-state index in [-0.39, 0.29) is 13.1 Å². The highest BCUT2D eigenvalue weighted by Crippen LogP contribution is 1.83. The van der Waals surface area contributed by atoms with Crippen LogP contribution in [0.1, 0.15) is 0 Å². The Morgan fingerprint density at radius 3 is 2.60 bits per heavy atom. The van der Waals surface area contributed by atoms with Crippen LogP contribution in [0.15, 0.2) is 12.7 Å². The van der Waals surface area contributed by atoms with Crippen LogP contribution in [0.25, 0.3) is 0 Å². The van der Waals surface area contributed by atoms with Crippen LogP contribution >= 0.6 is 0 Å². The van der Waals surface area contributed by atoms with Crippen molar-refractivity contribution in [2.75, 3.05) is 13.1 Å². The summed E-state index contributed by atoms with van der Waals surface area (Å²) in [5.41, 5.74) is 5.11. The Bertz CT molecular complexity index is 145. The van der Waals surface area contributed by atoms with E-state index in [4.69, 9.17) is 5.73 Å². The first-order valence-corrected chi connectivity index (χ1v) is 2.84. The summed E-state index contributed by atoms with van der Waals surface area (Å²) in [5.74, 6) is -0.416. The summed E-state index contributed by atoms with van der Waals surface area (Å²) in [5, 5.41) is 0. The fourth-order valence-electron chi connectivity index (χ4n) is 0.471. The molecular weight excluding hydrogens is 132 g/mol. The van der Waals surface area contributed by atoms with Crippen LogP contribution < -0.4 is 5.73 Å². The van der Waals surface area contributed by atoms with Gasteiger partial charge in [-0.25, -0.2) is 0 Å². The molecule has 0 heterocycles. The first kappa shape index (κ1) is 8.84. The van der Waals surface area contributed by atoms with Crippen LogP contribution in [0.2, 0.25) is 0 Å². The van der Waals surface area contributed by atoms with Gasteiger partial charge in [0.1, 0.15) is 0 Å². The maximum absolute atomic E-state index is 10.7. The van der Waals surface area contributed by atoms with Gasteiger partial charge in [-0.05, 0) is 6.08 Å². The molecule has 56 valence electrons. The second-order valence-electron chi connectivity index (χ2n) is 1.63. The van der Waals surface area contributed by atoms with Gasteiger partial charge in [0.15, 0.2) is 0 Å². The summed E-state index contributed by atoms with van der Waals surface area (Å²) in [6.07, 6.45) is 1.51. The minimum atomic E-state index is -0.416. The third-order valence-corrected chi connectivity index (χ3v) is 0.955. The Morgan fingerprint density at radius 2 is 2.30 bits per heavy atom. The summed E-state index contributed by atoms with van der Waals surface area (Å²) in [7, 11) is 0. The van der Waals surface area contributed by atoms with Crippen molar-refractivity contribution in [3.8, 4) is 0 Å². The highest BCUT2D eigenvalue weighted by Gasteiger charge is 2.05. The van der Waals surface area contributed by atoms with E-state index in [0.29, 0.717) is 6.41 Å². The van der Waals surface area contributed by atoms with Crippen LogP contribution in [0.5, 0.6) is 0 Å². The lowest BCUT2D eigenvalue weighted by Gasteiger charge is -2.10. The second-order valence-corrected chi connectivity index (χ2v) is 1.63. The molecule has 0 saturated heterocycles. The van der Waals surface area contributed by atoms with Gasteiger partial charge in [0.2, 0.25) is 6.41 Å². The van der Waals surface area contributed by atoms with Crippen LogP contribution in [0.3, 0.4) is 0 Å². The minimum Gasteiger partial charge on any atom is -0.329 e. The van der Waals surface area contributed by atoms with Gasteiger partial charge in [-0.3, -0.25) is 14.5 Å². The number of amides is 2. The predicted octanol–water partition coefficient (Wildman–Crippen LogP) is -0.884. The molecule has 0 spiro atoms. The largest absolute Gasteiger partial charge is 0.329 e. The molecular formula is C6H10N2O2. The molecule has 0 saturated carbocycles. The summed E-state index contributed by atoms with van der Waals surface area (Å²) in [6.45, 7) is 3.74. The van der Waals surface area contributed by atoms with E-state index in [2.05, 4.69) is 6.58 Å². The van der Waals surface area contributed by atoms with Crippen LogP contribution in [-0.2, 0) is 9.59 Å². The number of nitrogens with zero attached hydrogens (tertiary/aromatic N) is 1. The molecule has 10 heavy (non-hydrogen) atoms.